The van der Waals surface area contributed by atoms with Crippen LogP contribution in [0.15, 0.2) is 40.4 Å². The highest BCUT2D eigenvalue weighted by Gasteiger charge is 2.17. The first kappa shape index (κ1) is 18.7. The molecule has 0 aliphatic carbocycles. The Kier molecular flexibility index (Phi) is 5.45. The van der Waals surface area contributed by atoms with Crippen molar-refractivity contribution in [3.05, 3.63) is 46.4 Å². The second-order valence-corrected chi connectivity index (χ2v) is 7.69. The van der Waals surface area contributed by atoms with Gasteiger partial charge in [0.2, 0.25) is 5.91 Å². The topological polar surface area (TPSA) is 102 Å². The molecule has 1 aliphatic rings. The number of nitrogens with one attached hydrogen (secondary N) is 2. The number of thioether (sulfide) groups is 1. The predicted octanol–water partition coefficient (Wildman–Crippen LogP) is 1.80. The molecule has 8 nitrogen and oxygen atoms in total. The fraction of sp³-hybridized carbons (Fsp3) is 0.368. The number of aromatic amines is 1. The molecule has 28 heavy (non-hydrogen) atoms. The molecule has 1 fully saturated rings. The normalized spacial score (nSPS) is 16.5. The van der Waals surface area contributed by atoms with Crippen molar-refractivity contribution in [3.8, 4) is 5.69 Å². The molecule has 1 saturated heterocycles. The third-order valence-electron chi connectivity index (χ3n) is 4.59. The number of ether oxygens (including phenoxy) is 1. The Morgan fingerprint density at radius 3 is 2.96 bits per heavy atom. The van der Waals surface area contributed by atoms with Gasteiger partial charge in [-0.1, -0.05) is 29.5 Å². The van der Waals surface area contributed by atoms with Gasteiger partial charge in [0.15, 0.2) is 10.8 Å². The summed E-state index contributed by atoms with van der Waals surface area (Å²) in [6, 6.07) is 7.81. The number of H-pyrrole nitrogens is 1. The van der Waals surface area contributed by atoms with Crippen LogP contribution in [0.3, 0.4) is 0 Å². The summed E-state index contributed by atoms with van der Waals surface area (Å²) in [5.74, 6) is 0.0510. The first-order valence-corrected chi connectivity index (χ1v) is 10.1. The number of carbonyl (C=O) groups is 1. The van der Waals surface area contributed by atoms with E-state index in [0.717, 1.165) is 30.7 Å². The van der Waals surface area contributed by atoms with E-state index in [1.54, 1.807) is 4.68 Å². The van der Waals surface area contributed by atoms with E-state index >= 15 is 0 Å². The molecule has 1 unspecified atom stereocenters. The zero-order valence-electron chi connectivity index (χ0n) is 15.5. The van der Waals surface area contributed by atoms with Crippen molar-refractivity contribution in [2.24, 2.45) is 0 Å². The molecule has 0 spiro atoms. The number of aryl methyl sites for hydroxylation is 1. The van der Waals surface area contributed by atoms with Gasteiger partial charge in [0.05, 0.1) is 23.7 Å². The van der Waals surface area contributed by atoms with Gasteiger partial charge in [-0.05, 0) is 31.9 Å². The van der Waals surface area contributed by atoms with Gasteiger partial charge in [-0.25, -0.2) is 9.67 Å². The number of rotatable bonds is 6. The van der Waals surface area contributed by atoms with Gasteiger partial charge in [-0.3, -0.25) is 9.59 Å². The largest absolute Gasteiger partial charge is 0.376 e. The van der Waals surface area contributed by atoms with E-state index in [1.165, 1.54) is 18.0 Å². The lowest BCUT2D eigenvalue weighted by Gasteiger charge is -2.10. The molecular formula is C19H21N5O3S. The fourth-order valence-electron chi connectivity index (χ4n) is 3.06. The monoisotopic (exact) mass is 399 g/mol. The summed E-state index contributed by atoms with van der Waals surface area (Å²) in [4.78, 5) is 31.7. The fourth-order valence-corrected chi connectivity index (χ4v) is 3.75. The summed E-state index contributed by atoms with van der Waals surface area (Å²) in [6.07, 6.45) is 3.62. The second kappa shape index (κ2) is 8.15. The van der Waals surface area contributed by atoms with Crippen molar-refractivity contribution in [1.29, 1.82) is 0 Å². The lowest BCUT2D eigenvalue weighted by molar-refractivity contribution is -0.119. The molecule has 1 atom stereocenters. The smallest absolute Gasteiger partial charge is 0.262 e. The van der Waals surface area contributed by atoms with Crippen LogP contribution in [-0.2, 0) is 9.53 Å². The molecule has 1 amide bonds. The maximum Gasteiger partial charge on any atom is 0.262 e. The molecule has 4 rings (SSSR count). The Bertz CT molecular complexity index is 1040. The first-order chi connectivity index (χ1) is 13.6. The number of amides is 1. The van der Waals surface area contributed by atoms with Gasteiger partial charge in [-0.2, -0.15) is 5.10 Å². The minimum atomic E-state index is -0.273. The van der Waals surface area contributed by atoms with Crippen molar-refractivity contribution in [2.45, 2.75) is 31.0 Å². The number of benzene rings is 1. The van der Waals surface area contributed by atoms with Gasteiger partial charge in [0.1, 0.15) is 5.39 Å². The maximum atomic E-state index is 12.4. The van der Waals surface area contributed by atoms with Crippen LogP contribution in [0.4, 0.5) is 0 Å². The standard InChI is InChI=1S/C19H21N5O3S/c1-12-4-6-13(7-5-12)24-17-15(10-21-24)18(26)23-19(22-17)28-11-16(25)20-9-14-3-2-8-27-14/h4-7,10,14H,2-3,8-9,11H2,1H3,(H,20,25)(H,22,23,26). The average Bonchev–Trinajstić information content (AvgIpc) is 3.35. The average molecular weight is 399 g/mol. The summed E-state index contributed by atoms with van der Waals surface area (Å²) in [6.45, 7) is 3.28. The van der Waals surface area contributed by atoms with E-state index in [4.69, 9.17) is 4.74 Å². The van der Waals surface area contributed by atoms with E-state index < -0.39 is 0 Å². The van der Waals surface area contributed by atoms with E-state index in [2.05, 4.69) is 20.4 Å². The van der Waals surface area contributed by atoms with Crippen molar-refractivity contribution in [2.75, 3.05) is 18.9 Å². The quantitative estimate of drug-likeness (QED) is 0.484. The molecule has 1 aliphatic heterocycles. The Labute approximate surface area is 165 Å². The van der Waals surface area contributed by atoms with Crippen LogP contribution in [0.1, 0.15) is 18.4 Å². The highest BCUT2D eigenvalue weighted by atomic mass is 32.2. The van der Waals surface area contributed by atoms with Crippen LogP contribution in [-0.4, -0.2) is 50.7 Å². The molecule has 2 aromatic heterocycles. The third-order valence-corrected chi connectivity index (χ3v) is 5.46. The Morgan fingerprint density at radius 1 is 1.39 bits per heavy atom. The number of aromatic nitrogens is 4. The Hall–Kier alpha value is -2.65. The molecule has 0 bridgehead atoms. The summed E-state index contributed by atoms with van der Waals surface area (Å²) in [5.41, 5.74) is 2.15. The molecule has 146 valence electrons. The lowest BCUT2D eigenvalue weighted by atomic mass is 10.2. The summed E-state index contributed by atoms with van der Waals surface area (Å²) in [5, 5.41) is 7.96. The first-order valence-electron chi connectivity index (χ1n) is 9.16. The van der Waals surface area contributed by atoms with Crippen molar-refractivity contribution < 1.29 is 9.53 Å². The second-order valence-electron chi connectivity index (χ2n) is 6.73. The minimum absolute atomic E-state index is 0.104. The number of nitrogens with zero attached hydrogens (tertiary/aromatic N) is 3. The molecule has 0 saturated carbocycles. The molecule has 0 radical (unpaired) electrons. The van der Waals surface area contributed by atoms with E-state index in [-0.39, 0.29) is 23.3 Å². The lowest BCUT2D eigenvalue weighted by Crippen LogP contribution is -2.33. The van der Waals surface area contributed by atoms with Crippen LogP contribution >= 0.6 is 11.8 Å². The van der Waals surface area contributed by atoms with Gasteiger partial charge in [0, 0.05) is 13.2 Å². The summed E-state index contributed by atoms with van der Waals surface area (Å²) < 4.78 is 7.12. The number of hydrogen-bond donors (Lipinski definition) is 2. The zero-order chi connectivity index (χ0) is 19.5. The van der Waals surface area contributed by atoms with Crippen LogP contribution in [0.5, 0.6) is 0 Å². The molecule has 2 N–H and O–H groups in total. The van der Waals surface area contributed by atoms with Crippen LogP contribution in [0.25, 0.3) is 16.7 Å². The molecule has 1 aromatic carbocycles. The third kappa shape index (κ3) is 4.10. The van der Waals surface area contributed by atoms with Crippen LogP contribution in [0.2, 0.25) is 0 Å². The van der Waals surface area contributed by atoms with Crippen molar-refractivity contribution in [1.82, 2.24) is 25.1 Å². The number of fused-ring (bicyclic) bond motifs is 1. The Morgan fingerprint density at radius 2 is 2.21 bits per heavy atom. The van der Waals surface area contributed by atoms with E-state index in [0.29, 0.717) is 22.7 Å². The predicted molar refractivity (Wildman–Crippen MR) is 107 cm³/mol. The van der Waals surface area contributed by atoms with Crippen LogP contribution in [0, 0.1) is 6.92 Å². The molecular weight excluding hydrogens is 378 g/mol. The van der Waals surface area contributed by atoms with Gasteiger partial charge < -0.3 is 15.0 Å². The highest BCUT2D eigenvalue weighted by Crippen LogP contribution is 2.18. The molecule has 3 aromatic rings. The SMILES string of the molecule is Cc1ccc(-n2ncc3c(=O)[nH]c(SCC(=O)NCC4CCCO4)nc32)cc1. The maximum absolute atomic E-state index is 12.4. The van der Waals surface area contributed by atoms with E-state index in [1.807, 2.05) is 31.2 Å². The van der Waals surface area contributed by atoms with Crippen LogP contribution < -0.4 is 10.9 Å². The summed E-state index contributed by atoms with van der Waals surface area (Å²) in [7, 11) is 0. The highest BCUT2D eigenvalue weighted by molar-refractivity contribution is 7.99. The minimum Gasteiger partial charge on any atom is -0.376 e. The zero-order valence-corrected chi connectivity index (χ0v) is 16.3. The van der Waals surface area contributed by atoms with Gasteiger partial charge in [-0.15, -0.1) is 0 Å². The number of hydrogen-bond acceptors (Lipinski definition) is 6. The van der Waals surface area contributed by atoms with Crippen molar-refractivity contribution >= 4 is 28.7 Å². The number of carbonyl (C=O) groups excluding carboxylic acids is 1. The van der Waals surface area contributed by atoms with E-state index in [9.17, 15) is 9.59 Å². The molecule has 9 heteroatoms. The summed E-state index contributed by atoms with van der Waals surface area (Å²) >= 11 is 1.19. The Balaban J connectivity index is 1.48. The molecule has 3 heterocycles. The van der Waals surface area contributed by atoms with Gasteiger partial charge >= 0.3 is 0 Å². The van der Waals surface area contributed by atoms with Gasteiger partial charge in [0.25, 0.3) is 5.56 Å². The van der Waals surface area contributed by atoms with Crippen molar-refractivity contribution in [3.63, 3.8) is 0 Å².